The van der Waals surface area contributed by atoms with E-state index in [9.17, 15) is 0 Å². The molecule has 10 heterocycles. The molecule has 0 spiro atoms. The Morgan fingerprint density at radius 2 is 0.620 bits per heavy atom. The van der Waals surface area contributed by atoms with Crippen LogP contribution in [0.2, 0.25) is 0 Å². The van der Waals surface area contributed by atoms with Gasteiger partial charge in [-0.25, -0.2) is 19.9 Å². The topological polar surface area (TPSA) is 115 Å². The molecular weight excluding hydrogens is 617 g/mol. The van der Waals surface area contributed by atoms with Gasteiger partial charge in [0.15, 0.2) is 0 Å². The van der Waals surface area contributed by atoms with Crippen molar-refractivity contribution in [2.75, 3.05) is 0 Å². The molecule has 16 bridgehead atoms. The number of fused-ring (bicyclic) bond motifs is 16. The highest BCUT2D eigenvalue weighted by atomic mass is 14.8. The summed E-state index contributed by atoms with van der Waals surface area (Å²) < 4.78 is 0. The second-order valence-corrected chi connectivity index (χ2v) is 12.8. The van der Waals surface area contributed by atoms with Gasteiger partial charge in [0.05, 0.1) is 45.6 Å². The van der Waals surface area contributed by atoms with Crippen LogP contribution in [0.25, 0.3) is 92.7 Å². The lowest BCUT2D eigenvalue weighted by atomic mass is 10.0. The van der Waals surface area contributed by atoms with E-state index in [2.05, 4.69) is 129 Å². The number of aromatic nitrogens is 8. The van der Waals surface area contributed by atoms with Crippen LogP contribution in [0.5, 0.6) is 0 Å². The summed E-state index contributed by atoms with van der Waals surface area (Å²) in [5.41, 5.74) is 17.6. The van der Waals surface area contributed by atoms with Gasteiger partial charge in [-0.1, -0.05) is 0 Å². The monoisotopic (exact) mass is 646 g/mol. The van der Waals surface area contributed by atoms with E-state index in [-0.39, 0.29) is 0 Å². The van der Waals surface area contributed by atoms with Gasteiger partial charge in [0.25, 0.3) is 0 Å². The normalized spacial score (nSPS) is 13.0. The maximum Gasteiger partial charge on any atom is 0.0690 e. The SMILES string of the molecule is C1=Cc2cc3ccc([nH]3)c(CCc3c4nc(cc5ccc(cc6nc(cc7ccc3[nH]7)C=C6)[nH]5)C=C4)c3nc(cc4ccc(cc1n2)[nH]4)C=C3. The number of nitrogens with one attached hydrogen (secondary N) is 4. The van der Waals surface area contributed by atoms with Crippen LogP contribution in [0.15, 0.2) is 84.9 Å². The number of H-pyrrole nitrogens is 4. The number of aromatic amines is 4. The Balaban J connectivity index is 1.15. The quantitative estimate of drug-likeness (QED) is 0.153. The largest absolute Gasteiger partial charge is 0.355 e. The number of hydrogen-bond donors (Lipinski definition) is 4. The van der Waals surface area contributed by atoms with Gasteiger partial charge in [0.1, 0.15) is 0 Å². The summed E-state index contributed by atoms with van der Waals surface area (Å²) in [5.74, 6) is 0. The average Bonchev–Trinajstić information content (AvgIpc) is 3.94. The van der Waals surface area contributed by atoms with Crippen molar-refractivity contribution in [3.05, 3.63) is 142 Å². The number of nitrogens with zero attached hydrogens (tertiary/aromatic N) is 4. The minimum absolute atomic E-state index is 0.736. The summed E-state index contributed by atoms with van der Waals surface area (Å²) in [7, 11) is 0. The highest BCUT2D eigenvalue weighted by Crippen LogP contribution is 2.26. The summed E-state index contributed by atoms with van der Waals surface area (Å²) in [4.78, 5) is 34.1. The Hall–Kier alpha value is -6.80. The zero-order valence-corrected chi connectivity index (χ0v) is 26.9. The Labute approximate surface area is 286 Å². The van der Waals surface area contributed by atoms with E-state index in [1.807, 2.05) is 24.3 Å². The minimum Gasteiger partial charge on any atom is -0.355 e. The van der Waals surface area contributed by atoms with Crippen molar-refractivity contribution < 1.29 is 0 Å². The third kappa shape index (κ3) is 5.48. The zero-order valence-electron chi connectivity index (χ0n) is 26.9. The summed E-state index contributed by atoms with van der Waals surface area (Å²) >= 11 is 0. The van der Waals surface area contributed by atoms with E-state index in [4.69, 9.17) is 19.9 Å². The van der Waals surface area contributed by atoms with Gasteiger partial charge in [-0.2, -0.15) is 0 Å². The molecule has 0 fully saturated rings. The average molecular weight is 647 g/mol. The first-order chi connectivity index (χ1) is 24.6. The standard InChI is InChI=1S/C42H30N8/c1-5-29-21-33-9-15-39(47-33)37(40-16-10-34(48-40)22-30-6-2-26(44-30)19-25(1)43-29)13-14-38-41-17-11-35(49-41)23-31-7-3-27(45-31)20-28-4-8-32(46-28)24-36-12-18-42(38)50-36/h1-12,15-24,43,45,48,50H,13-14H2. The Morgan fingerprint density at radius 1 is 0.320 bits per heavy atom. The van der Waals surface area contributed by atoms with Crippen LogP contribution in [0.1, 0.15) is 56.7 Å². The van der Waals surface area contributed by atoms with E-state index in [1.54, 1.807) is 0 Å². The second-order valence-electron chi connectivity index (χ2n) is 12.8. The number of aryl methyl sites for hydroxylation is 2. The molecule has 4 aliphatic rings. The van der Waals surface area contributed by atoms with Crippen molar-refractivity contribution in [3.8, 4) is 0 Å². The van der Waals surface area contributed by atoms with Gasteiger partial charge < -0.3 is 19.9 Å². The van der Waals surface area contributed by atoms with Crippen molar-refractivity contribution in [2.24, 2.45) is 0 Å². The predicted octanol–water partition coefficient (Wildman–Crippen LogP) is 9.41. The molecule has 6 aromatic rings. The molecule has 4 N–H and O–H groups in total. The van der Waals surface area contributed by atoms with Crippen LogP contribution >= 0.6 is 0 Å². The second kappa shape index (κ2) is 11.4. The first-order valence-corrected chi connectivity index (χ1v) is 16.7. The number of hydrogen-bond acceptors (Lipinski definition) is 4. The predicted molar refractivity (Wildman–Crippen MR) is 205 cm³/mol. The Bertz CT molecular complexity index is 2640. The molecule has 0 radical (unpaired) electrons. The van der Waals surface area contributed by atoms with Crippen LogP contribution in [0, 0.1) is 0 Å². The van der Waals surface area contributed by atoms with Gasteiger partial charge in [-0.3, -0.25) is 0 Å². The fraction of sp³-hybridized carbons (Fsp3) is 0.0476. The molecule has 8 heteroatoms. The van der Waals surface area contributed by atoms with Crippen molar-refractivity contribution in [3.63, 3.8) is 0 Å². The lowest BCUT2D eigenvalue weighted by Crippen LogP contribution is -1.98. The van der Waals surface area contributed by atoms with Gasteiger partial charge in [-0.05, 0) is 146 Å². The van der Waals surface area contributed by atoms with Crippen molar-refractivity contribution >= 4 is 92.7 Å². The molecule has 0 atom stereocenters. The van der Waals surface area contributed by atoms with Crippen molar-refractivity contribution in [2.45, 2.75) is 12.8 Å². The molecule has 0 aromatic carbocycles. The fourth-order valence-electron chi connectivity index (χ4n) is 6.91. The molecular formula is C42H30N8. The van der Waals surface area contributed by atoms with Gasteiger partial charge in [-0.15, -0.1) is 0 Å². The zero-order chi connectivity index (χ0) is 33.0. The third-order valence-corrected chi connectivity index (χ3v) is 9.28. The molecule has 238 valence electrons. The fourth-order valence-corrected chi connectivity index (χ4v) is 6.91. The van der Waals surface area contributed by atoms with Crippen molar-refractivity contribution in [1.29, 1.82) is 0 Å². The number of rotatable bonds is 3. The highest BCUT2D eigenvalue weighted by molar-refractivity contribution is 5.82. The molecule has 10 rings (SSSR count). The minimum atomic E-state index is 0.736. The molecule has 0 saturated heterocycles. The smallest absolute Gasteiger partial charge is 0.0690 e. The van der Waals surface area contributed by atoms with Crippen LogP contribution in [0.4, 0.5) is 0 Å². The molecule has 0 unspecified atom stereocenters. The van der Waals surface area contributed by atoms with Crippen molar-refractivity contribution in [1.82, 2.24) is 39.9 Å². The molecule has 50 heavy (non-hydrogen) atoms. The maximum absolute atomic E-state index is 5.11. The molecule has 6 aromatic heterocycles. The first-order valence-electron chi connectivity index (χ1n) is 16.7. The Kier molecular flexibility index (Phi) is 6.45. The van der Waals surface area contributed by atoms with Gasteiger partial charge in [0, 0.05) is 55.3 Å². The van der Waals surface area contributed by atoms with Crippen LogP contribution < -0.4 is 0 Å². The molecule has 0 amide bonds. The van der Waals surface area contributed by atoms with Crippen LogP contribution in [0.3, 0.4) is 0 Å². The van der Waals surface area contributed by atoms with E-state index in [0.29, 0.717) is 0 Å². The van der Waals surface area contributed by atoms with E-state index >= 15 is 0 Å². The summed E-state index contributed by atoms with van der Waals surface area (Å²) in [5, 5.41) is 0. The van der Waals surface area contributed by atoms with Crippen LogP contribution in [-0.2, 0) is 12.8 Å². The lowest BCUT2D eigenvalue weighted by molar-refractivity contribution is 0.951. The third-order valence-electron chi connectivity index (χ3n) is 9.28. The maximum atomic E-state index is 5.11. The first kappa shape index (κ1) is 28.2. The summed E-state index contributed by atoms with van der Waals surface area (Å²) in [6.07, 6.45) is 18.0. The van der Waals surface area contributed by atoms with Crippen LogP contribution in [-0.4, -0.2) is 39.9 Å². The molecule has 0 aliphatic carbocycles. The van der Waals surface area contributed by atoms with E-state index in [0.717, 1.165) is 114 Å². The van der Waals surface area contributed by atoms with Gasteiger partial charge >= 0.3 is 0 Å². The van der Waals surface area contributed by atoms with E-state index < -0.39 is 0 Å². The lowest BCUT2D eigenvalue weighted by Gasteiger charge is -2.06. The highest BCUT2D eigenvalue weighted by Gasteiger charge is 2.14. The molecule has 4 aliphatic heterocycles. The summed E-state index contributed by atoms with van der Waals surface area (Å²) in [6.45, 7) is 0. The van der Waals surface area contributed by atoms with E-state index in [1.165, 1.54) is 0 Å². The molecule has 8 nitrogen and oxygen atoms in total. The molecule has 0 saturated carbocycles. The van der Waals surface area contributed by atoms with Gasteiger partial charge in [0.2, 0.25) is 0 Å². The Morgan fingerprint density at radius 3 is 1.00 bits per heavy atom. The summed E-state index contributed by atoms with van der Waals surface area (Å²) in [6, 6.07) is 29.2.